The number of unbranched alkanes of at least 4 members (excludes halogenated alkanes) is 1. The third-order valence-corrected chi connectivity index (χ3v) is 1.96. The van der Waals surface area contributed by atoms with Crippen LogP contribution in [0.1, 0.15) is 19.8 Å². The maximum Gasteiger partial charge on any atom is 0.127 e. The summed E-state index contributed by atoms with van der Waals surface area (Å²) in [6.45, 7) is 3.03. The average Bonchev–Trinajstić information content (AvgIpc) is 2.70. The van der Waals surface area contributed by atoms with E-state index >= 15 is 0 Å². The van der Waals surface area contributed by atoms with E-state index in [0.29, 0.717) is 0 Å². The molecule has 0 spiro atoms. The molecule has 58 valence electrons. The van der Waals surface area contributed by atoms with Gasteiger partial charge in [0.25, 0.3) is 0 Å². The summed E-state index contributed by atoms with van der Waals surface area (Å²) in [5.41, 5.74) is 2.68. The van der Waals surface area contributed by atoms with Crippen molar-refractivity contribution in [1.82, 2.24) is 0 Å². The minimum Gasteiger partial charge on any atom is -0.493 e. The molecule has 11 heavy (non-hydrogen) atoms. The lowest BCUT2D eigenvalue weighted by atomic mass is 10.4. The van der Waals surface area contributed by atoms with Crippen molar-refractivity contribution < 1.29 is 4.74 Å². The van der Waals surface area contributed by atoms with Gasteiger partial charge in [0, 0.05) is 5.56 Å². The van der Waals surface area contributed by atoms with Crippen LogP contribution < -0.4 is 4.74 Å². The van der Waals surface area contributed by atoms with Crippen LogP contribution in [0.3, 0.4) is 0 Å². The van der Waals surface area contributed by atoms with Crippen LogP contribution in [0.5, 0.6) is 5.75 Å². The highest BCUT2D eigenvalue weighted by molar-refractivity contribution is 5.87. The fourth-order valence-electron chi connectivity index (χ4n) is 1.18. The Kier molecular flexibility index (Phi) is 1.57. The summed E-state index contributed by atoms with van der Waals surface area (Å²) in [7, 11) is 0. The topological polar surface area (TPSA) is 9.23 Å². The zero-order valence-corrected chi connectivity index (χ0v) is 6.76. The first kappa shape index (κ1) is 6.71. The third-order valence-electron chi connectivity index (χ3n) is 1.96. The quantitative estimate of drug-likeness (QED) is 0.606. The molecule has 0 radical (unpaired) electrons. The van der Waals surface area contributed by atoms with Crippen LogP contribution >= 0.6 is 0 Å². The van der Waals surface area contributed by atoms with E-state index in [2.05, 4.69) is 25.1 Å². The van der Waals surface area contributed by atoms with Gasteiger partial charge >= 0.3 is 0 Å². The van der Waals surface area contributed by atoms with Crippen LogP contribution in [0.4, 0.5) is 0 Å². The summed E-state index contributed by atoms with van der Waals surface area (Å²) < 4.78 is 5.54. The van der Waals surface area contributed by atoms with Crippen molar-refractivity contribution in [2.24, 2.45) is 0 Å². The predicted octanol–water partition coefficient (Wildman–Crippen LogP) is 2.85. The number of hydrogen-bond acceptors (Lipinski definition) is 1. The molecule has 0 aromatic rings. The Morgan fingerprint density at radius 2 is 2.27 bits per heavy atom. The van der Waals surface area contributed by atoms with E-state index in [4.69, 9.17) is 4.74 Å². The van der Waals surface area contributed by atoms with Gasteiger partial charge in [-0.3, -0.25) is 0 Å². The lowest BCUT2D eigenvalue weighted by Gasteiger charge is -2.01. The largest absolute Gasteiger partial charge is 0.493 e. The Balaban J connectivity index is 1.84. The van der Waals surface area contributed by atoms with Gasteiger partial charge in [-0.15, -0.1) is 0 Å². The Bertz CT molecular complexity index is 266. The molecule has 2 rings (SSSR count). The molecule has 0 aliphatic heterocycles. The zero-order valence-electron chi connectivity index (χ0n) is 6.76. The highest BCUT2D eigenvalue weighted by atomic mass is 16.5. The fraction of sp³-hybridized carbons (Fsp3) is 0.400. The molecule has 0 unspecified atom stereocenters. The van der Waals surface area contributed by atoms with Gasteiger partial charge < -0.3 is 4.74 Å². The van der Waals surface area contributed by atoms with Gasteiger partial charge in [-0.1, -0.05) is 19.4 Å². The Hall–Kier alpha value is -0.980. The fourth-order valence-corrected chi connectivity index (χ4v) is 1.18. The number of fused-ring (bicyclic) bond motifs is 1. The summed E-state index contributed by atoms with van der Waals surface area (Å²) >= 11 is 0. The average molecular weight is 148 g/mol. The lowest BCUT2D eigenvalue weighted by Crippen LogP contribution is -1.94. The van der Waals surface area contributed by atoms with Gasteiger partial charge in [0.15, 0.2) is 0 Å². The molecule has 2 aliphatic rings. The lowest BCUT2D eigenvalue weighted by molar-refractivity contribution is 0.312. The number of rotatable bonds is 4. The van der Waals surface area contributed by atoms with Gasteiger partial charge in [-0.2, -0.15) is 0 Å². The molecule has 1 nitrogen and oxygen atoms in total. The van der Waals surface area contributed by atoms with Crippen molar-refractivity contribution in [1.29, 1.82) is 0 Å². The van der Waals surface area contributed by atoms with E-state index in [0.717, 1.165) is 18.8 Å². The maximum absolute atomic E-state index is 5.54. The standard InChI is InChI=1S/C10H12O/c1-2-3-6-11-10-5-4-8-7-9(8)10/h4-5,7H,2-3,6H2,1H3. The first-order valence-electron chi connectivity index (χ1n) is 4.19. The summed E-state index contributed by atoms with van der Waals surface area (Å²) in [5, 5.41) is 0. The molecule has 0 saturated carbocycles. The summed E-state index contributed by atoms with van der Waals surface area (Å²) in [6, 6.07) is 6.32. The molecule has 2 aliphatic carbocycles. The number of ether oxygens (including phenoxy) is 1. The van der Waals surface area contributed by atoms with Crippen molar-refractivity contribution >= 4 is 0 Å². The normalized spacial score (nSPS) is 11.4. The molecule has 0 aromatic carbocycles. The van der Waals surface area contributed by atoms with Gasteiger partial charge in [0.05, 0.1) is 6.61 Å². The molecule has 0 saturated heterocycles. The van der Waals surface area contributed by atoms with Crippen LogP contribution in [-0.2, 0) is 0 Å². The second-order valence-corrected chi connectivity index (χ2v) is 2.91. The van der Waals surface area contributed by atoms with Gasteiger partial charge in [-0.05, 0) is 24.1 Å². The van der Waals surface area contributed by atoms with Crippen LogP contribution in [0, 0.1) is 0 Å². The SMILES string of the molecule is CCCCOc1ccc2cc1-2. The summed E-state index contributed by atoms with van der Waals surface area (Å²) in [5.74, 6) is 1.08. The van der Waals surface area contributed by atoms with Crippen LogP contribution in [0.25, 0.3) is 11.1 Å². The number of benzene rings is 1. The molecule has 0 heterocycles. The Labute approximate surface area is 67.0 Å². The van der Waals surface area contributed by atoms with Crippen LogP contribution in [0.2, 0.25) is 0 Å². The van der Waals surface area contributed by atoms with Gasteiger partial charge in [-0.25, -0.2) is 0 Å². The number of hydrogen-bond donors (Lipinski definition) is 0. The molecule has 0 amide bonds. The second-order valence-electron chi connectivity index (χ2n) is 2.91. The summed E-state index contributed by atoms with van der Waals surface area (Å²) in [4.78, 5) is 0. The smallest absolute Gasteiger partial charge is 0.127 e. The van der Waals surface area contributed by atoms with E-state index in [9.17, 15) is 0 Å². The molecule has 0 bridgehead atoms. The third kappa shape index (κ3) is 1.23. The Morgan fingerprint density at radius 3 is 2.82 bits per heavy atom. The van der Waals surface area contributed by atoms with E-state index in [1.54, 1.807) is 0 Å². The molecule has 0 atom stereocenters. The molecular weight excluding hydrogens is 136 g/mol. The minimum absolute atomic E-state index is 0.862. The van der Waals surface area contributed by atoms with E-state index in [1.165, 1.54) is 17.5 Å². The molecule has 1 heteroatoms. The first-order chi connectivity index (χ1) is 5.42. The first-order valence-corrected chi connectivity index (χ1v) is 4.19. The molecule has 0 fully saturated rings. The highest BCUT2D eigenvalue weighted by Crippen LogP contribution is 2.43. The van der Waals surface area contributed by atoms with Crippen molar-refractivity contribution in [3.05, 3.63) is 18.2 Å². The Morgan fingerprint density at radius 1 is 1.36 bits per heavy atom. The highest BCUT2D eigenvalue weighted by Gasteiger charge is 2.17. The molecular formula is C10H12O. The minimum atomic E-state index is 0.862. The van der Waals surface area contributed by atoms with Gasteiger partial charge in [0.2, 0.25) is 0 Å². The van der Waals surface area contributed by atoms with Gasteiger partial charge in [0.1, 0.15) is 5.75 Å². The van der Waals surface area contributed by atoms with Crippen molar-refractivity contribution in [2.75, 3.05) is 6.61 Å². The maximum atomic E-state index is 5.54. The van der Waals surface area contributed by atoms with E-state index in [-0.39, 0.29) is 0 Å². The van der Waals surface area contributed by atoms with Crippen molar-refractivity contribution in [3.8, 4) is 16.9 Å². The van der Waals surface area contributed by atoms with E-state index < -0.39 is 0 Å². The van der Waals surface area contributed by atoms with Crippen molar-refractivity contribution in [2.45, 2.75) is 19.8 Å². The second kappa shape index (κ2) is 2.57. The van der Waals surface area contributed by atoms with Crippen LogP contribution in [0.15, 0.2) is 18.2 Å². The van der Waals surface area contributed by atoms with E-state index in [1.807, 2.05) is 0 Å². The predicted molar refractivity (Wildman–Crippen MR) is 45.8 cm³/mol. The van der Waals surface area contributed by atoms with Crippen molar-refractivity contribution in [3.63, 3.8) is 0 Å². The monoisotopic (exact) mass is 148 g/mol. The molecule has 0 N–H and O–H groups in total. The zero-order chi connectivity index (χ0) is 7.68. The summed E-state index contributed by atoms with van der Waals surface area (Å²) in [6.07, 6.45) is 2.35. The van der Waals surface area contributed by atoms with Crippen LogP contribution in [-0.4, -0.2) is 6.61 Å². The molecule has 0 aromatic heterocycles.